The van der Waals surface area contributed by atoms with Gasteiger partial charge in [0.05, 0.1) is 17.0 Å². The van der Waals surface area contributed by atoms with E-state index in [2.05, 4.69) is 17.5 Å². The van der Waals surface area contributed by atoms with Crippen LogP contribution in [0.25, 0.3) is 0 Å². The van der Waals surface area contributed by atoms with Gasteiger partial charge in [-0.3, -0.25) is 0 Å². The summed E-state index contributed by atoms with van der Waals surface area (Å²) in [4.78, 5) is 0. The van der Waals surface area contributed by atoms with Crippen LogP contribution in [-0.2, 0) is 15.7 Å². The second kappa shape index (κ2) is 8.83. The van der Waals surface area contributed by atoms with E-state index >= 15 is 0 Å². The fourth-order valence-electron chi connectivity index (χ4n) is 7.96. The molecule has 4 aliphatic rings. The van der Waals surface area contributed by atoms with Crippen molar-refractivity contribution in [2.45, 2.75) is 103 Å². The fourth-order valence-corrected chi connectivity index (χ4v) is 8.53. The van der Waals surface area contributed by atoms with Crippen LogP contribution in [0.2, 0.25) is 0 Å². The minimum atomic E-state index is -1.15. The monoisotopic (exact) mass is 451 g/mol. The second-order valence-corrected chi connectivity index (χ2v) is 14.3. The Morgan fingerprint density at radius 2 is 1.81 bits per heavy atom. The highest BCUT2D eigenvalue weighted by Gasteiger charge is 2.57. The molecule has 1 N–H and O–H groups in total. The van der Waals surface area contributed by atoms with Crippen LogP contribution in [0.15, 0.2) is 4.40 Å². The maximum absolute atomic E-state index is 12.5. The van der Waals surface area contributed by atoms with E-state index in [0.717, 1.165) is 36.5 Å². The van der Waals surface area contributed by atoms with E-state index in [1.807, 2.05) is 27.7 Å². The van der Waals surface area contributed by atoms with E-state index in [1.165, 1.54) is 44.9 Å². The molecule has 0 aliphatic heterocycles. The molecule has 0 bridgehead atoms. The summed E-state index contributed by atoms with van der Waals surface area (Å²) >= 11 is 0. The molecule has 0 aromatic rings. The van der Waals surface area contributed by atoms with Gasteiger partial charge in [-0.1, -0.05) is 6.92 Å². The molecule has 0 amide bonds. The molecule has 31 heavy (non-hydrogen) atoms. The summed E-state index contributed by atoms with van der Waals surface area (Å²) < 4.78 is 22.3. The van der Waals surface area contributed by atoms with Crippen LogP contribution in [0, 0.1) is 40.9 Å². The molecular formula is C26H45NO3S. The molecule has 9 atom stereocenters. The Morgan fingerprint density at radius 1 is 1.06 bits per heavy atom. The van der Waals surface area contributed by atoms with Gasteiger partial charge in [0.2, 0.25) is 0 Å². The lowest BCUT2D eigenvalue weighted by Crippen LogP contribution is -2.52. The van der Waals surface area contributed by atoms with Crippen LogP contribution >= 0.6 is 0 Å². The van der Waals surface area contributed by atoms with Gasteiger partial charge in [0, 0.05) is 18.7 Å². The van der Waals surface area contributed by atoms with Gasteiger partial charge in [-0.15, -0.1) is 0 Å². The second-order valence-electron chi connectivity index (χ2n) is 12.4. The number of fused-ring (bicyclic) bond motifs is 5. The molecule has 0 saturated heterocycles. The van der Waals surface area contributed by atoms with Crippen LogP contribution in [-0.4, -0.2) is 39.1 Å². The molecule has 4 fully saturated rings. The molecule has 0 spiro atoms. The molecule has 4 nitrogen and oxygen atoms in total. The summed E-state index contributed by atoms with van der Waals surface area (Å²) in [7, 11) is -1.15. The number of hydrogen-bond acceptors (Lipinski definition) is 3. The lowest BCUT2D eigenvalue weighted by molar-refractivity contribution is -0.126. The van der Waals surface area contributed by atoms with E-state index < -0.39 is 16.6 Å². The highest BCUT2D eigenvalue weighted by Crippen LogP contribution is 2.64. The third kappa shape index (κ3) is 4.57. The Morgan fingerprint density at radius 3 is 2.52 bits per heavy atom. The van der Waals surface area contributed by atoms with E-state index in [1.54, 1.807) is 0 Å². The normalized spacial score (nSPS) is 46.4. The molecule has 0 aromatic heterocycles. The van der Waals surface area contributed by atoms with Crippen LogP contribution < -0.4 is 0 Å². The van der Waals surface area contributed by atoms with E-state index in [0.29, 0.717) is 30.5 Å². The van der Waals surface area contributed by atoms with Crippen LogP contribution in [0.3, 0.4) is 0 Å². The summed E-state index contributed by atoms with van der Waals surface area (Å²) in [6.07, 6.45) is 12.8. The number of nitrogens with zero attached hydrogens (tertiary/aromatic N) is 1. The largest absolute Gasteiger partial charge is 0.387 e. The van der Waals surface area contributed by atoms with Gasteiger partial charge in [0.15, 0.2) is 0 Å². The van der Waals surface area contributed by atoms with E-state index in [9.17, 15) is 9.32 Å². The topological polar surface area (TPSA) is 58.9 Å². The fraction of sp³-hybridized carbons (Fsp3) is 0.962. The molecule has 4 saturated carbocycles. The Hall–Kier alpha value is -0.260. The molecule has 0 aromatic carbocycles. The van der Waals surface area contributed by atoms with Gasteiger partial charge in [0.25, 0.3) is 0 Å². The Bertz CT molecular complexity index is 703. The van der Waals surface area contributed by atoms with Crippen LogP contribution in [0.4, 0.5) is 0 Å². The first kappa shape index (κ1) is 23.9. The first-order chi connectivity index (χ1) is 14.6. The van der Waals surface area contributed by atoms with Gasteiger partial charge < -0.3 is 9.84 Å². The Kier molecular flexibility index (Phi) is 6.80. The molecular weight excluding hydrogens is 406 g/mol. The molecule has 0 unspecified atom stereocenters. The quantitative estimate of drug-likeness (QED) is 0.557. The maximum atomic E-state index is 12.5. The lowest BCUT2D eigenvalue weighted by atomic mass is 9.49. The molecule has 178 valence electrons. The zero-order chi connectivity index (χ0) is 22.4. The van der Waals surface area contributed by atoms with Crippen molar-refractivity contribution in [3.63, 3.8) is 0 Å². The van der Waals surface area contributed by atoms with Crippen molar-refractivity contribution in [2.24, 2.45) is 45.3 Å². The molecule has 0 radical (unpaired) electrons. The summed E-state index contributed by atoms with van der Waals surface area (Å²) in [6.45, 7) is 11.7. The van der Waals surface area contributed by atoms with Crippen molar-refractivity contribution >= 4 is 17.2 Å². The van der Waals surface area contributed by atoms with Crippen molar-refractivity contribution in [3.8, 4) is 0 Å². The Labute approximate surface area is 192 Å². The van der Waals surface area contributed by atoms with Gasteiger partial charge in [-0.25, -0.2) is 4.21 Å². The van der Waals surface area contributed by atoms with Crippen molar-refractivity contribution in [3.05, 3.63) is 0 Å². The smallest absolute Gasteiger partial charge is 0.144 e. The predicted molar refractivity (Wildman–Crippen MR) is 128 cm³/mol. The third-order valence-electron chi connectivity index (χ3n) is 9.61. The standard InChI is InChI=1S/C26H45NO3S/c1-6-30-17-26(28)14-12-20-18(15-26)7-9-22-21(20)11-13-25(5)19(8-10-23(22)25)16-27-31(29)24(2,3)4/h16,18-23,28H,6-15,17H2,1-5H3/b27-16-/t18-,19-,20+,21-,22-,23+,25-,26-,31-/m1/s1. The minimum Gasteiger partial charge on any atom is -0.387 e. The minimum absolute atomic E-state index is 0.281. The number of rotatable bonds is 5. The molecule has 4 rings (SSSR count). The summed E-state index contributed by atoms with van der Waals surface area (Å²) in [5.74, 6) is 4.42. The summed E-state index contributed by atoms with van der Waals surface area (Å²) in [5, 5.41) is 11.1. The summed E-state index contributed by atoms with van der Waals surface area (Å²) in [6, 6.07) is 0. The van der Waals surface area contributed by atoms with Crippen molar-refractivity contribution in [2.75, 3.05) is 13.2 Å². The van der Waals surface area contributed by atoms with Crippen molar-refractivity contribution in [1.82, 2.24) is 0 Å². The predicted octanol–water partition coefficient (Wildman–Crippen LogP) is 5.56. The zero-order valence-electron chi connectivity index (χ0n) is 20.4. The van der Waals surface area contributed by atoms with Crippen molar-refractivity contribution in [1.29, 1.82) is 0 Å². The van der Waals surface area contributed by atoms with Crippen LogP contribution in [0.5, 0.6) is 0 Å². The SMILES string of the molecule is CCOC[C@@]1(O)CC[C@H]2[C@H](CC[C@@H]3[C@@H]2CC[C@]2(C)[C@@H](/C=N\[S@](=O)C(C)(C)C)CC[C@@H]32)C1. The van der Waals surface area contributed by atoms with E-state index in [-0.39, 0.29) is 4.75 Å². The average Bonchev–Trinajstić information content (AvgIpc) is 3.05. The van der Waals surface area contributed by atoms with Gasteiger partial charge in [-0.05, 0) is 120 Å². The van der Waals surface area contributed by atoms with Gasteiger partial charge in [-0.2, -0.15) is 4.40 Å². The summed E-state index contributed by atoms with van der Waals surface area (Å²) in [5.41, 5.74) is -0.269. The average molecular weight is 452 g/mol. The number of aliphatic hydroxyl groups is 1. The maximum Gasteiger partial charge on any atom is 0.144 e. The Balaban J connectivity index is 1.43. The highest BCUT2D eigenvalue weighted by atomic mass is 32.2. The molecule has 0 heterocycles. The zero-order valence-corrected chi connectivity index (χ0v) is 21.3. The van der Waals surface area contributed by atoms with Gasteiger partial charge in [0.1, 0.15) is 11.0 Å². The molecule has 5 heteroatoms. The highest BCUT2D eigenvalue weighted by molar-refractivity contribution is 7.85. The lowest BCUT2D eigenvalue weighted by Gasteiger charge is -2.57. The first-order valence-corrected chi connectivity index (χ1v) is 13.9. The van der Waals surface area contributed by atoms with E-state index in [4.69, 9.17) is 4.74 Å². The number of ether oxygens (including phenoxy) is 1. The first-order valence-electron chi connectivity index (χ1n) is 12.8. The van der Waals surface area contributed by atoms with Crippen molar-refractivity contribution < 1.29 is 14.1 Å². The van der Waals surface area contributed by atoms with Crippen LogP contribution in [0.1, 0.15) is 92.4 Å². The van der Waals surface area contributed by atoms with Gasteiger partial charge >= 0.3 is 0 Å². The number of hydrogen-bond donors (Lipinski definition) is 1. The third-order valence-corrected chi connectivity index (χ3v) is 11.0. The molecule has 4 aliphatic carbocycles.